The van der Waals surface area contributed by atoms with E-state index < -0.39 is 0 Å². The predicted octanol–water partition coefficient (Wildman–Crippen LogP) is 3.00. The Bertz CT molecular complexity index is 927. The number of rotatable bonds is 3. The van der Waals surface area contributed by atoms with Crippen LogP contribution >= 0.6 is 0 Å². The third-order valence-electron chi connectivity index (χ3n) is 7.05. The quantitative estimate of drug-likeness (QED) is 0.673. The first-order chi connectivity index (χ1) is 15.3. The molecule has 0 radical (unpaired) electrons. The van der Waals surface area contributed by atoms with E-state index in [1.807, 2.05) is 0 Å². The number of hydrogen-bond acceptors (Lipinski definition) is 4. The molecule has 0 unspecified atom stereocenters. The fourth-order valence-electron chi connectivity index (χ4n) is 5.35. The highest BCUT2D eigenvalue weighted by atomic mass is 19.1. The molecule has 1 atom stereocenters. The summed E-state index contributed by atoms with van der Waals surface area (Å²) in [6.45, 7) is 4.67. The molecule has 2 saturated heterocycles. The van der Waals surface area contributed by atoms with Crippen molar-refractivity contribution in [2.24, 2.45) is 5.92 Å². The van der Waals surface area contributed by atoms with Crippen LogP contribution in [0.15, 0.2) is 18.2 Å². The molecule has 32 heavy (non-hydrogen) atoms. The van der Waals surface area contributed by atoms with E-state index in [0.717, 1.165) is 50.1 Å². The van der Waals surface area contributed by atoms with Crippen molar-refractivity contribution in [3.63, 3.8) is 0 Å². The lowest BCUT2D eigenvalue weighted by Gasteiger charge is -2.40. The monoisotopic (exact) mass is 444 g/mol. The normalized spacial score (nSPS) is 22.0. The summed E-state index contributed by atoms with van der Waals surface area (Å²) in [5.74, 6) is 2.47. The minimum absolute atomic E-state index is 0. The van der Waals surface area contributed by atoms with Gasteiger partial charge in [0.05, 0.1) is 0 Å². The Hall–Kier alpha value is -2.79. The van der Waals surface area contributed by atoms with Crippen molar-refractivity contribution in [3.05, 3.63) is 29.6 Å². The Morgan fingerprint density at radius 1 is 1.31 bits per heavy atom. The van der Waals surface area contributed by atoms with Crippen LogP contribution in [-0.4, -0.2) is 86.8 Å². The van der Waals surface area contributed by atoms with Crippen LogP contribution in [0, 0.1) is 24.1 Å². The van der Waals surface area contributed by atoms with E-state index in [9.17, 15) is 14.0 Å². The van der Waals surface area contributed by atoms with E-state index in [-0.39, 0.29) is 31.4 Å². The minimum atomic E-state index is -0.335. The molecule has 3 amide bonds. The number of fused-ring (bicyclic) bond motifs is 2. The molecule has 1 spiro atoms. The molecule has 3 aliphatic heterocycles. The number of halogens is 1. The predicted molar refractivity (Wildman–Crippen MR) is 122 cm³/mol. The number of ether oxygens (including phenoxy) is 1. The van der Waals surface area contributed by atoms with Gasteiger partial charge < -0.3 is 19.4 Å². The standard InChI is InChI=1S/C24H31FN4O3.H2/c1-4-13-32-23(31)28-10-7-18(16-28)15-27-11-8-24(9-12-27)17-29(22(30)26(2)3)21-6-5-19(25)14-20(21)24;/h1,5-6,14,18H,7-13,15-17H2,2-3H3;1H/t18-;/m0./s1. The summed E-state index contributed by atoms with van der Waals surface area (Å²) in [5.41, 5.74) is 1.58. The zero-order valence-electron chi connectivity index (χ0n) is 18.8. The Balaban J connectivity index is 0.00000306. The molecule has 1 aromatic carbocycles. The van der Waals surface area contributed by atoms with Gasteiger partial charge in [-0.25, -0.2) is 14.0 Å². The molecule has 8 heteroatoms. The van der Waals surface area contributed by atoms with Gasteiger partial charge in [-0.2, -0.15) is 0 Å². The molecule has 1 aromatic rings. The molecule has 174 valence electrons. The number of urea groups is 1. The zero-order valence-corrected chi connectivity index (χ0v) is 18.8. The SMILES string of the molecule is C#CCOC(=O)N1CC[C@@H](CN2CCC3(CC2)CN(C(=O)N(C)C)c2ccc(F)cc23)C1.[HH]. The number of carbonyl (C=O) groups excluding carboxylic acids is 2. The highest BCUT2D eigenvalue weighted by Crippen LogP contribution is 2.47. The average Bonchev–Trinajstić information content (AvgIpc) is 3.36. The van der Waals surface area contributed by atoms with E-state index in [1.165, 1.54) is 6.07 Å². The van der Waals surface area contributed by atoms with E-state index in [0.29, 0.717) is 25.6 Å². The summed E-state index contributed by atoms with van der Waals surface area (Å²) in [6, 6.07) is 4.72. The summed E-state index contributed by atoms with van der Waals surface area (Å²) < 4.78 is 19.2. The average molecular weight is 445 g/mol. The van der Waals surface area contributed by atoms with Crippen molar-refractivity contribution in [1.29, 1.82) is 0 Å². The fraction of sp³-hybridized carbons (Fsp3) is 0.583. The van der Waals surface area contributed by atoms with Gasteiger partial charge in [-0.1, -0.05) is 5.92 Å². The lowest BCUT2D eigenvalue weighted by Crippen LogP contribution is -2.48. The van der Waals surface area contributed by atoms with Gasteiger partial charge in [-0.05, 0) is 62.0 Å². The Morgan fingerprint density at radius 2 is 2.06 bits per heavy atom. The van der Waals surface area contributed by atoms with E-state index in [1.54, 1.807) is 40.9 Å². The summed E-state index contributed by atoms with van der Waals surface area (Å²) in [6.07, 6.45) is 7.52. The van der Waals surface area contributed by atoms with E-state index in [2.05, 4.69) is 10.8 Å². The largest absolute Gasteiger partial charge is 0.436 e. The van der Waals surface area contributed by atoms with Crippen LogP contribution < -0.4 is 4.90 Å². The van der Waals surface area contributed by atoms with Crippen molar-refractivity contribution in [2.45, 2.75) is 24.7 Å². The summed E-state index contributed by atoms with van der Waals surface area (Å²) in [7, 11) is 3.48. The highest BCUT2D eigenvalue weighted by Gasteiger charge is 2.47. The first kappa shape index (κ1) is 22.4. The number of nitrogens with zero attached hydrogens (tertiary/aromatic N) is 4. The van der Waals surface area contributed by atoms with Crippen LogP contribution in [0.4, 0.5) is 19.7 Å². The van der Waals surface area contributed by atoms with E-state index in [4.69, 9.17) is 11.2 Å². The Morgan fingerprint density at radius 3 is 2.75 bits per heavy atom. The van der Waals surface area contributed by atoms with Crippen LogP contribution in [-0.2, 0) is 10.2 Å². The second kappa shape index (κ2) is 8.99. The molecule has 3 aliphatic rings. The molecular weight excluding hydrogens is 411 g/mol. The van der Waals surface area contributed by atoms with Gasteiger partial charge in [-0.3, -0.25) is 4.90 Å². The number of benzene rings is 1. The number of anilines is 1. The van der Waals surface area contributed by atoms with Crippen LogP contribution in [0.3, 0.4) is 0 Å². The molecule has 4 rings (SSSR count). The molecule has 0 aromatic heterocycles. The maximum absolute atomic E-state index is 14.1. The molecule has 0 aliphatic carbocycles. The number of terminal acetylenes is 1. The summed E-state index contributed by atoms with van der Waals surface area (Å²) >= 11 is 0. The lowest BCUT2D eigenvalue weighted by molar-refractivity contribution is 0.117. The molecule has 7 nitrogen and oxygen atoms in total. The molecule has 3 heterocycles. The number of hydrogen-bond donors (Lipinski definition) is 0. The second-order valence-corrected chi connectivity index (χ2v) is 9.36. The first-order valence-corrected chi connectivity index (χ1v) is 11.2. The van der Waals surface area contributed by atoms with E-state index >= 15 is 0 Å². The third-order valence-corrected chi connectivity index (χ3v) is 7.05. The fourth-order valence-corrected chi connectivity index (χ4v) is 5.35. The Kier molecular flexibility index (Phi) is 6.29. The molecule has 0 saturated carbocycles. The topological polar surface area (TPSA) is 56.3 Å². The van der Waals surface area contributed by atoms with Crippen LogP contribution in [0.1, 0.15) is 26.3 Å². The van der Waals surface area contributed by atoms with Crippen molar-refractivity contribution in [2.75, 3.05) is 64.9 Å². The number of carbonyl (C=O) groups is 2. The van der Waals surface area contributed by atoms with Crippen molar-refractivity contribution in [3.8, 4) is 12.3 Å². The van der Waals surface area contributed by atoms with Gasteiger partial charge in [0.2, 0.25) is 0 Å². The number of likely N-dealkylation sites (tertiary alicyclic amines) is 2. The first-order valence-electron chi connectivity index (χ1n) is 11.2. The highest BCUT2D eigenvalue weighted by molar-refractivity contribution is 5.95. The second-order valence-electron chi connectivity index (χ2n) is 9.36. The molecule has 2 fully saturated rings. The van der Waals surface area contributed by atoms with Crippen molar-refractivity contribution in [1.82, 2.24) is 14.7 Å². The third kappa shape index (κ3) is 4.26. The van der Waals surface area contributed by atoms with Gasteiger partial charge in [0.15, 0.2) is 6.61 Å². The van der Waals surface area contributed by atoms with Crippen molar-refractivity contribution < 1.29 is 20.1 Å². The molecule has 0 bridgehead atoms. The smallest absolute Gasteiger partial charge is 0.410 e. The van der Waals surface area contributed by atoms with Gasteiger partial charge in [0.25, 0.3) is 0 Å². The Labute approximate surface area is 190 Å². The van der Waals surface area contributed by atoms with Crippen LogP contribution in [0.25, 0.3) is 0 Å². The van der Waals surface area contributed by atoms with Gasteiger partial charge in [-0.15, -0.1) is 6.42 Å². The van der Waals surface area contributed by atoms with Gasteiger partial charge >= 0.3 is 12.1 Å². The zero-order chi connectivity index (χ0) is 22.9. The molecule has 0 N–H and O–H groups in total. The van der Waals surface area contributed by atoms with Gasteiger partial charge in [0, 0.05) is 52.8 Å². The maximum atomic E-state index is 14.1. The summed E-state index contributed by atoms with van der Waals surface area (Å²) in [4.78, 5) is 32.3. The summed E-state index contributed by atoms with van der Waals surface area (Å²) in [5, 5.41) is 0. The number of amides is 3. The van der Waals surface area contributed by atoms with Gasteiger partial charge in [0.1, 0.15) is 5.82 Å². The van der Waals surface area contributed by atoms with Crippen LogP contribution in [0.5, 0.6) is 0 Å². The van der Waals surface area contributed by atoms with Crippen LogP contribution in [0.2, 0.25) is 0 Å². The number of piperidine rings is 1. The van der Waals surface area contributed by atoms with Crippen molar-refractivity contribution >= 4 is 17.8 Å². The molecular formula is C24H33FN4O3. The maximum Gasteiger partial charge on any atom is 0.410 e. The lowest BCUT2D eigenvalue weighted by atomic mass is 9.74. The minimum Gasteiger partial charge on any atom is -0.436 e.